The van der Waals surface area contributed by atoms with Crippen molar-refractivity contribution in [2.45, 2.75) is 26.3 Å². The van der Waals surface area contributed by atoms with E-state index in [9.17, 15) is 4.39 Å². The Bertz CT molecular complexity index is 374. The Morgan fingerprint density at radius 2 is 2.11 bits per heavy atom. The third-order valence-corrected chi connectivity index (χ3v) is 4.52. The maximum absolute atomic E-state index is 13.7. The van der Waals surface area contributed by atoms with Crippen molar-refractivity contribution < 1.29 is 4.39 Å². The van der Waals surface area contributed by atoms with E-state index < -0.39 is 0 Å². The van der Waals surface area contributed by atoms with E-state index in [-0.39, 0.29) is 11.9 Å². The third-order valence-electron chi connectivity index (χ3n) is 2.49. The van der Waals surface area contributed by atoms with Crippen molar-refractivity contribution in [2.75, 3.05) is 11.5 Å². The van der Waals surface area contributed by atoms with Crippen LogP contribution in [0, 0.1) is 11.7 Å². The number of thioether (sulfide) groups is 1. The molecule has 2 nitrogen and oxygen atoms in total. The number of rotatable bonds is 7. The fraction of sp³-hybridized carbons (Fsp3) is 0.538. The molecule has 3 N–H and O–H groups in total. The number of hydrogen-bond acceptors (Lipinski definition) is 3. The van der Waals surface area contributed by atoms with Crippen molar-refractivity contribution in [3.8, 4) is 0 Å². The number of hydrazine groups is 1. The summed E-state index contributed by atoms with van der Waals surface area (Å²) in [5, 5.41) is 0. The molecular weight excluding hydrogens is 315 g/mol. The number of nitrogens with two attached hydrogens (primary N) is 1. The zero-order valence-electron chi connectivity index (χ0n) is 10.7. The first-order valence-electron chi connectivity index (χ1n) is 6.00. The van der Waals surface area contributed by atoms with E-state index in [1.807, 2.05) is 17.8 Å². The van der Waals surface area contributed by atoms with Gasteiger partial charge >= 0.3 is 0 Å². The molecule has 18 heavy (non-hydrogen) atoms. The summed E-state index contributed by atoms with van der Waals surface area (Å²) < 4.78 is 14.5. The van der Waals surface area contributed by atoms with Crippen LogP contribution in [-0.2, 0) is 6.42 Å². The number of hydrogen-bond donors (Lipinski definition) is 2. The molecule has 0 radical (unpaired) electrons. The van der Waals surface area contributed by atoms with Crippen molar-refractivity contribution in [1.82, 2.24) is 5.43 Å². The lowest BCUT2D eigenvalue weighted by molar-refractivity contribution is 0.546. The maximum Gasteiger partial charge on any atom is 0.127 e. The van der Waals surface area contributed by atoms with E-state index in [2.05, 4.69) is 35.2 Å². The molecule has 0 heterocycles. The van der Waals surface area contributed by atoms with Crippen LogP contribution in [0.2, 0.25) is 0 Å². The number of nitrogens with one attached hydrogen (secondary N) is 1. The lowest BCUT2D eigenvalue weighted by Gasteiger charge is -2.16. The SMILES string of the molecule is CC(C)CSCC(Cc1ccc(Br)cc1F)NN. The predicted octanol–water partition coefficient (Wildman–Crippen LogP) is 3.35. The van der Waals surface area contributed by atoms with Crippen molar-refractivity contribution >= 4 is 27.7 Å². The Kier molecular flexibility index (Phi) is 7.22. The molecule has 0 aliphatic heterocycles. The summed E-state index contributed by atoms with van der Waals surface area (Å²) in [6, 6.07) is 5.25. The monoisotopic (exact) mass is 334 g/mol. The van der Waals surface area contributed by atoms with Gasteiger partial charge in [0.15, 0.2) is 0 Å². The quantitative estimate of drug-likeness (QED) is 0.593. The van der Waals surface area contributed by atoms with Gasteiger partial charge in [-0.25, -0.2) is 4.39 Å². The summed E-state index contributed by atoms with van der Waals surface area (Å²) in [5.74, 6) is 8.00. The molecule has 1 atom stereocenters. The molecule has 1 aromatic carbocycles. The molecule has 102 valence electrons. The van der Waals surface area contributed by atoms with Crippen LogP contribution >= 0.6 is 27.7 Å². The Hall–Kier alpha value is -0.100. The number of halogens is 2. The van der Waals surface area contributed by atoms with Gasteiger partial charge in [-0.15, -0.1) is 0 Å². The Labute approximate surface area is 121 Å². The fourth-order valence-corrected chi connectivity index (χ4v) is 3.00. The standard InChI is InChI=1S/C13H20BrFN2S/c1-9(2)7-18-8-12(17-16)5-10-3-4-11(14)6-13(10)15/h3-4,6,9,12,17H,5,7-8,16H2,1-2H3. The van der Waals surface area contributed by atoms with Gasteiger partial charge in [-0.2, -0.15) is 11.8 Å². The first-order chi connectivity index (χ1) is 8.52. The second-order valence-electron chi connectivity index (χ2n) is 4.73. The topological polar surface area (TPSA) is 38.0 Å². The molecule has 1 rings (SSSR count). The maximum atomic E-state index is 13.7. The smallest absolute Gasteiger partial charge is 0.127 e. The van der Waals surface area contributed by atoms with Gasteiger partial charge in [0.2, 0.25) is 0 Å². The average Bonchev–Trinajstić information content (AvgIpc) is 2.30. The summed E-state index contributed by atoms with van der Waals surface area (Å²) in [6.07, 6.45) is 0.612. The molecule has 0 fully saturated rings. The van der Waals surface area contributed by atoms with Crippen molar-refractivity contribution in [3.63, 3.8) is 0 Å². The lowest BCUT2D eigenvalue weighted by Crippen LogP contribution is -2.39. The van der Waals surface area contributed by atoms with Gasteiger partial charge in [-0.1, -0.05) is 35.8 Å². The first kappa shape index (κ1) is 16.0. The summed E-state index contributed by atoms with van der Waals surface area (Å²) in [4.78, 5) is 0. The molecule has 0 aromatic heterocycles. The van der Waals surface area contributed by atoms with Gasteiger partial charge in [0.1, 0.15) is 5.82 Å². The molecular formula is C13H20BrFN2S. The Balaban J connectivity index is 2.51. The molecule has 0 aliphatic carbocycles. The second-order valence-corrected chi connectivity index (χ2v) is 6.73. The molecule has 0 amide bonds. The second kappa shape index (κ2) is 8.15. The molecule has 0 saturated carbocycles. The minimum absolute atomic E-state index is 0.101. The van der Waals surface area contributed by atoms with Gasteiger partial charge in [-0.3, -0.25) is 11.3 Å². The van der Waals surface area contributed by atoms with Gasteiger partial charge < -0.3 is 0 Å². The lowest BCUT2D eigenvalue weighted by atomic mass is 10.1. The Morgan fingerprint density at radius 3 is 2.67 bits per heavy atom. The van der Waals surface area contributed by atoms with Gasteiger partial charge in [-0.05, 0) is 35.8 Å². The van der Waals surface area contributed by atoms with Crippen molar-refractivity contribution in [3.05, 3.63) is 34.1 Å². The van der Waals surface area contributed by atoms with Gasteiger partial charge in [0.25, 0.3) is 0 Å². The summed E-state index contributed by atoms with van der Waals surface area (Å²) in [5.41, 5.74) is 3.47. The van der Waals surface area contributed by atoms with Crippen LogP contribution in [0.25, 0.3) is 0 Å². The van der Waals surface area contributed by atoms with Crippen LogP contribution in [-0.4, -0.2) is 17.5 Å². The average molecular weight is 335 g/mol. The molecule has 0 saturated heterocycles. The minimum Gasteiger partial charge on any atom is -0.271 e. The minimum atomic E-state index is -0.182. The highest BCUT2D eigenvalue weighted by Gasteiger charge is 2.11. The first-order valence-corrected chi connectivity index (χ1v) is 7.95. The molecule has 0 bridgehead atoms. The molecule has 0 spiro atoms. The Morgan fingerprint density at radius 1 is 1.39 bits per heavy atom. The molecule has 0 aliphatic rings. The number of benzene rings is 1. The van der Waals surface area contributed by atoms with Crippen LogP contribution in [0.15, 0.2) is 22.7 Å². The summed E-state index contributed by atoms with van der Waals surface area (Å²) >= 11 is 5.10. The largest absolute Gasteiger partial charge is 0.271 e. The van der Waals surface area contributed by atoms with E-state index in [4.69, 9.17) is 5.84 Å². The molecule has 1 unspecified atom stereocenters. The van der Waals surface area contributed by atoms with Crippen LogP contribution in [0.4, 0.5) is 4.39 Å². The van der Waals surface area contributed by atoms with Crippen LogP contribution in [0.3, 0.4) is 0 Å². The highest BCUT2D eigenvalue weighted by Crippen LogP contribution is 2.18. The van der Waals surface area contributed by atoms with E-state index in [1.54, 1.807) is 6.07 Å². The zero-order valence-corrected chi connectivity index (χ0v) is 13.2. The highest BCUT2D eigenvalue weighted by molar-refractivity contribution is 9.10. The van der Waals surface area contributed by atoms with Crippen LogP contribution < -0.4 is 11.3 Å². The van der Waals surface area contributed by atoms with Crippen molar-refractivity contribution in [1.29, 1.82) is 0 Å². The summed E-state index contributed by atoms with van der Waals surface area (Å²) in [6.45, 7) is 4.37. The normalized spacial score (nSPS) is 13.0. The highest BCUT2D eigenvalue weighted by atomic mass is 79.9. The van der Waals surface area contributed by atoms with E-state index in [0.29, 0.717) is 17.9 Å². The van der Waals surface area contributed by atoms with E-state index in [0.717, 1.165) is 16.0 Å². The van der Waals surface area contributed by atoms with Gasteiger partial charge in [0, 0.05) is 16.3 Å². The third kappa shape index (κ3) is 5.69. The predicted molar refractivity (Wildman–Crippen MR) is 81.1 cm³/mol. The molecule has 5 heteroatoms. The van der Waals surface area contributed by atoms with Crippen LogP contribution in [0.1, 0.15) is 19.4 Å². The zero-order chi connectivity index (χ0) is 13.5. The van der Waals surface area contributed by atoms with Crippen LogP contribution in [0.5, 0.6) is 0 Å². The summed E-state index contributed by atoms with van der Waals surface area (Å²) in [7, 11) is 0. The van der Waals surface area contributed by atoms with E-state index >= 15 is 0 Å². The van der Waals surface area contributed by atoms with E-state index in [1.165, 1.54) is 6.07 Å². The fourth-order valence-electron chi connectivity index (χ4n) is 1.56. The molecule has 1 aromatic rings. The van der Waals surface area contributed by atoms with Gasteiger partial charge in [0.05, 0.1) is 0 Å². The van der Waals surface area contributed by atoms with Crippen molar-refractivity contribution in [2.24, 2.45) is 11.8 Å².